The van der Waals surface area contributed by atoms with Crippen LogP contribution in [0.3, 0.4) is 0 Å². The second kappa shape index (κ2) is 6.02. The van der Waals surface area contributed by atoms with Gasteiger partial charge in [0.15, 0.2) is 0 Å². The van der Waals surface area contributed by atoms with Gasteiger partial charge >= 0.3 is 0 Å². The molecule has 0 aliphatic rings. The number of thiazole rings is 1. The molecule has 106 valence electrons. The van der Waals surface area contributed by atoms with E-state index in [1.54, 1.807) is 29.5 Å². The molecule has 0 bridgehead atoms. The van der Waals surface area contributed by atoms with Crippen molar-refractivity contribution < 1.29 is 0 Å². The smallest absolute Gasteiger partial charge is 0.204 e. The van der Waals surface area contributed by atoms with Crippen LogP contribution in [-0.4, -0.2) is 10.7 Å². The summed E-state index contributed by atoms with van der Waals surface area (Å²) in [6, 6.07) is 13.3. The number of nitrogens with one attached hydrogen (secondary N) is 1. The van der Waals surface area contributed by atoms with Crippen molar-refractivity contribution in [2.45, 2.75) is 6.92 Å². The first-order valence-corrected chi connectivity index (χ1v) is 7.82. The van der Waals surface area contributed by atoms with Crippen molar-refractivity contribution in [1.82, 2.24) is 4.98 Å². The molecule has 1 N–H and O–H groups in total. The fourth-order valence-electron chi connectivity index (χ4n) is 1.89. The van der Waals surface area contributed by atoms with Crippen molar-refractivity contribution in [1.29, 1.82) is 0 Å². The molecule has 0 amide bonds. The standard InChI is InChI=1S/C15H11Cl2N3S/c1-9(11-8-10(16)6-7-12(11)17)19-20-15-18-13-4-2-3-5-14(13)21-15/h2-8H,1H3,(H,18,20)/b19-9-. The number of aromatic nitrogens is 1. The van der Waals surface area contributed by atoms with Gasteiger partial charge in [-0.15, -0.1) is 0 Å². The Balaban J connectivity index is 1.86. The highest BCUT2D eigenvalue weighted by molar-refractivity contribution is 7.22. The fraction of sp³-hybridized carbons (Fsp3) is 0.0667. The molecule has 0 atom stereocenters. The average Bonchev–Trinajstić information content (AvgIpc) is 2.90. The minimum Gasteiger partial charge on any atom is -0.252 e. The lowest BCUT2D eigenvalue weighted by molar-refractivity contribution is 1.29. The van der Waals surface area contributed by atoms with Gasteiger partial charge in [0, 0.05) is 15.6 Å². The number of hydrazone groups is 1. The van der Waals surface area contributed by atoms with Crippen LogP contribution in [0.1, 0.15) is 12.5 Å². The van der Waals surface area contributed by atoms with Gasteiger partial charge in [0.05, 0.1) is 15.9 Å². The zero-order chi connectivity index (χ0) is 14.8. The number of para-hydroxylation sites is 1. The first kappa shape index (κ1) is 14.3. The van der Waals surface area contributed by atoms with Crippen LogP contribution >= 0.6 is 34.5 Å². The van der Waals surface area contributed by atoms with Crippen LogP contribution in [-0.2, 0) is 0 Å². The van der Waals surface area contributed by atoms with Crippen LogP contribution in [0.4, 0.5) is 5.13 Å². The number of anilines is 1. The molecule has 0 aliphatic heterocycles. The van der Waals surface area contributed by atoms with Crippen LogP contribution < -0.4 is 5.43 Å². The molecular weight excluding hydrogens is 325 g/mol. The molecule has 3 nitrogen and oxygen atoms in total. The van der Waals surface area contributed by atoms with Crippen LogP contribution in [0.15, 0.2) is 47.6 Å². The Morgan fingerprint density at radius 3 is 2.81 bits per heavy atom. The van der Waals surface area contributed by atoms with Gasteiger partial charge in [0.1, 0.15) is 0 Å². The molecule has 1 heterocycles. The Morgan fingerprint density at radius 1 is 1.19 bits per heavy atom. The molecule has 0 radical (unpaired) electrons. The molecule has 1 aromatic heterocycles. The Bertz CT molecular complexity index is 794. The zero-order valence-corrected chi connectivity index (χ0v) is 13.4. The van der Waals surface area contributed by atoms with E-state index in [2.05, 4.69) is 15.5 Å². The Morgan fingerprint density at radius 2 is 2.00 bits per heavy atom. The van der Waals surface area contributed by atoms with Gasteiger partial charge in [-0.05, 0) is 37.3 Å². The van der Waals surface area contributed by atoms with Crippen molar-refractivity contribution in [3.8, 4) is 0 Å². The number of hydrogen-bond donors (Lipinski definition) is 1. The van der Waals surface area contributed by atoms with Crippen LogP contribution in [0.5, 0.6) is 0 Å². The van der Waals surface area contributed by atoms with Crippen LogP contribution in [0.2, 0.25) is 10.0 Å². The van der Waals surface area contributed by atoms with Crippen LogP contribution in [0, 0.1) is 0 Å². The van der Waals surface area contributed by atoms with E-state index < -0.39 is 0 Å². The zero-order valence-electron chi connectivity index (χ0n) is 11.1. The third kappa shape index (κ3) is 3.18. The number of nitrogens with zero attached hydrogens (tertiary/aromatic N) is 2. The molecule has 0 fully saturated rings. The summed E-state index contributed by atoms with van der Waals surface area (Å²) >= 11 is 13.7. The lowest BCUT2D eigenvalue weighted by Gasteiger charge is -2.04. The molecule has 2 aromatic carbocycles. The second-order valence-electron chi connectivity index (χ2n) is 4.42. The summed E-state index contributed by atoms with van der Waals surface area (Å²) in [7, 11) is 0. The summed E-state index contributed by atoms with van der Waals surface area (Å²) in [6.45, 7) is 1.87. The van der Waals surface area contributed by atoms with Gasteiger partial charge in [-0.1, -0.05) is 46.7 Å². The number of halogens is 2. The van der Waals surface area contributed by atoms with Gasteiger partial charge in [-0.3, -0.25) is 5.43 Å². The van der Waals surface area contributed by atoms with Gasteiger partial charge < -0.3 is 0 Å². The topological polar surface area (TPSA) is 37.3 Å². The van der Waals surface area contributed by atoms with E-state index in [0.29, 0.717) is 10.0 Å². The summed E-state index contributed by atoms with van der Waals surface area (Å²) in [5, 5.41) is 6.32. The van der Waals surface area contributed by atoms with Gasteiger partial charge in [-0.2, -0.15) is 5.10 Å². The molecule has 0 unspecified atom stereocenters. The Labute approximate surface area is 136 Å². The first-order chi connectivity index (χ1) is 10.1. The van der Waals surface area contributed by atoms with E-state index in [1.807, 2.05) is 31.2 Å². The van der Waals surface area contributed by atoms with E-state index in [1.165, 1.54) is 0 Å². The van der Waals surface area contributed by atoms with E-state index >= 15 is 0 Å². The third-order valence-corrected chi connectivity index (χ3v) is 4.44. The van der Waals surface area contributed by atoms with E-state index in [0.717, 1.165) is 26.6 Å². The Hall–Kier alpha value is -1.62. The predicted molar refractivity (Wildman–Crippen MR) is 91.9 cm³/mol. The van der Waals surface area contributed by atoms with Gasteiger partial charge in [0.2, 0.25) is 5.13 Å². The fourth-order valence-corrected chi connectivity index (χ4v) is 3.12. The lowest BCUT2D eigenvalue weighted by Crippen LogP contribution is -2.00. The van der Waals surface area contributed by atoms with E-state index in [4.69, 9.17) is 23.2 Å². The summed E-state index contributed by atoms with van der Waals surface area (Å²) in [6.07, 6.45) is 0. The number of benzene rings is 2. The quantitative estimate of drug-likeness (QED) is 0.511. The maximum atomic E-state index is 6.16. The molecule has 3 aromatic rings. The van der Waals surface area contributed by atoms with Crippen molar-refractivity contribution in [3.05, 3.63) is 58.1 Å². The Kier molecular flexibility index (Phi) is 4.10. The summed E-state index contributed by atoms with van der Waals surface area (Å²) in [5.74, 6) is 0. The minimum atomic E-state index is 0.617. The normalized spacial score (nSPS) is 11.9. The predicted octanol–water partition coefficient (Wildman–Crippen LogP) is 5.44. The molecule has 6 heteroatoms. The minimum absolute atomic E-state index is 0.617. The highest BCUT2D eigenvalue weighted by Crippen LogP contribution is 2.26. The highest BCUT2D eigenvalue weighted by atomic mass is 35.5. The number of fused-ring (bicyclic) bond motifs is 1. The maximum Gasteiger partial charge on any atom is 0.204 e. The first-order valence-electron chi connectivity index (χ1n) is 6.25. The molecule has 21 heavy (non-hydrogen) atoms. The number of hydrogen-bond acceptors (Lipinski definition) is 4. The van der Waals surface area contributed by atoms with Crippen LogP contribution in [0.25, 0.3) is 10.2 Å². The van der Waals surface area contributed by atoms with Crippen molar-refractivity contribution in [2.24, 2.45) is 5.10 Å². The molecule has 0 aliphatic carbocycles. The lowest BCUT2D eigenvalue weighted by atomic mass is 10.1. The van der Waals surface area contributed by atoms with E-state index in [9.17, 15) is 0 Å². The summed E-state index contributed by atoms with van der Waals surface area (Å²) in [4.78, 5) is 4.46. The number of rotatable bonds is 3. The summed E-state index contributed by atoms with van der Waals surface area (Å²) < 4.78 is 1.12. The van der Waals surface area contributed by atoms with Gasteiger partial charge in [0.25, 0.3) is 0 Å². The maximum absolute atomic E-state index is 6.16. The van der Waals surface area contributed by atoms with Crippen molar-refractivity contribution in [3.63, 3.8) is 0 Å². The second-order valence-corrected chi connectivity index (χ2v) is 6.29. The third-order valence-electron chi connectivity index (χ3n) is 2.93. The average molecular weight is 336 g/mol. The van der Waals surface area contributed by atoms with Crippen molar-refractivity contribution >= 4 is 55.6 Å². The molecule has 0 spiro atoms. The molecule has 0 saturated heterocycles. The van der Waals surface area contributed by atoms with Crippen molar-refractivity contribution in [2.75, 3.05) is 5.43 Å². The molecular formula is C15H11Cl2N3S. The molecule has 3 rings (SSSR count). The molecule has 0 saturated carbocycles. The van der Waals surface area contributed by atoms with E-state index in [-0.39, 0.29) is 0 Å². The monoisotopic (exact) mass is 335 g/mol. The highest BCUT2D eigenvalue weighted by Gasteiger charge is 2.06. The SMILES string of the molecule is C/C(=N/Nc1nc2ccccc2s1)c1cc(Cl)ccc1Cl. The summed E-state index contributed by atoms with van der Waals surface area (Å²) in [5.41, 5.74) is 5.48. The van der Waals surface area contributed by atoms with Gasteiger partial charge in [-0.25, -0.2) is 4.98 Å². The largest absolute Gasteiger partial charge is 0.252 e.